The molecular formula is C28H31ClN8O6. The Bertz CT molecular complexity index is 1620. The summed E-state index contributed by atoms with van der Waals surface area (Å²) in [5, 5.41) is 17.9. The molecule has 0 atom stereocenters. The van der Waals surface area contributed by atoms with Gasteiger partial charge in [0.05, 0.1) is 50.1 Å². The highest BCUT2D eigenvalue weighted by atomic mass is 35.5. The van der Waals surface area contributed by atoms with Crippen LogP contribution in [0.2, 0.25) is 5.15 Å². The molecule has 0 saturated carbocycles. The summed E-state index contributed by atoms with van der Waals surface area (Å²) in [6.07, 6.45) is 0.963. The van der Waals surface area contributed by atoms with Gasteiger partial charge in [-0.2, -0.15) is 5.10 Å². The number of carbonyl (C=O) groups excluding carboxylic acids is 2. The van der Waals surface area contributed by atoms with Gasteiger partial charge in [-0.05, 0) is 50.6 Å². The summed E-state index contributed by atoms with van der Waals surface area (Å²) in [5.74, 6) is 0.445. The molecule has 0 fully saturated rings. The number of aromatic nitrogens is 6. The van der Waals surface area contributed by atoms with Crippen LogP contribution >= 0.6 is 11.6 Å². The Morgan fingerprint density at radius 2 is 1.84 bits per heavy atom. The number of aryl methyl sites for hydroxylation is 1. The first-order valence-corrected chi connectivity index (χ1v) is 13.3. The molecule has 0 aliphatic heterocycles. The Morgan fingerprint density at radius 1 is 1.05 bits per heavy atom. The van der Waals surface area contributed by atoms with Crippen LogP contribution in [0.15, 0.2) is 42.7 Å². The van der Waals surface area contributed by atoms with Gasteiger partial charge in [-0.15, -0.1) is 10.2 Å². The van der Waals surface area contributed by atoms with Crippen LogP contribution in [0.4, 0.5) is 22.0 Å². The predicted molar refractivity (Wildman–Crippen MR) is 157 cm³/mol. The highest BCUT2D eigenvalue weighted by Crippen LogP contribution is 2.39. The van der Waals surface area contributed by atoms with Crippen molar-refractivity contribution in [2.75, 3.05) is 24.9 Å². The van der Waals surface area contributed by atoms with E-state index in [0.29, 0.717) is 34.3 Å². The number of halogens is 1. The molecule has 0 bridgehead atoms. The molecular weight excluding hydrogens is 580 g/mol. The number of amides is 1. The number of methoxy groups -OCH3 is 2. The molecule has 1 aromatic carbocycles. The van der Waals surface area contributed by atoms with E-state index >= 15 is 0 Å². The van der Waals surface area contributed by atoms with Gasteiger partial charge in [0, 0.05) is 13.1 Å². The monoisotopic (exact) mass is 610 g/mol. The molecule has 15 heteroatoms. The second-order valence-corrected chi connectivity index (χ2v) is 10.5. The molecule has 1 amide bonds. The standard InChI is InChI=1S/C28H31ClN8O6/c1-28(2,3)43-27(39)33-22-9-7-8-17(31-22)14-42-13-16-10-18(25-30-15-37(4)36-25)24(40-5)20(11-16)32-19-12-21(29)34-35-23(19)26(38)41-6/h7-12,15H,13-14H2,1-6H3,(H,32,34)(H,31,33,39). The predicted octanol–water partition coefficient (Wildman–Crippen LogP) is 4.92. The Labute approximate surface area is 252 Å². The molecule has 0 aliphatic carbocycles. The van der Waals surface area contributed by atoms with Crippen LogP contribution in [0.3, 0.4) is 0 Å². The van der Waals surface area contributed by atoms with Crippen molar-refractivity contribution < 1.29 is 28.5 Å². The molecule has 0 aliphatic rings. The van der Waals surface area contributed by atoms with Gasteiger partial charge in [0.25, 0.3) is 0 Å². The van der Waals surface area contributed by atoms with Gasteiger partial charge < -0.3 is 24.3 Å². The lowest BCUT2D eigenvalue weighted by atomic mass is 10.1. The van der Waals surface area contributed by atoms with Gasteiger partial charge in [-0.25, -0.2) is 19.6 Å². The maximum atomic E-state index is 12.4. The fourth-order valence-electron chi connectivity index (χ4n) is 3.88. The molecule has 0 spiro atoms. The summed E-state index contributed by atoms with van der Waals surface area (Å²) < 4.78 is 23.4. The first-order valence-electron chi connectivity index (χ1n) is 12.9. The first kappa shape index (κ1) is 31.1. The number of ether oxygens (including phenoxy) is 4. The van der Waals surface area contributed by atoms with Gasteiger partial charge >= 0.3 is 12.1 Å². The molecule has 0 saturated heterocycles. The number of nitrogens with one attached hydrogen (secondary N) is 2. The molecule has 3 aromatic heterocycles. The molecule has 4 rings (SSSR count). The molecule has 43 heavy (non-hydrogen) atoms. The Kier molecular flexibility index (Phi) is 9.73. The highest BCUT2D eigenvalue weighted by Gasteiger charge is 2.21. The van der Waals surface area contributed by atoms with E-state index in [-0.39, 0.29) is 29.7 Å². The summed E-state index contributed by atoms with van der Waals surface area (Å²) in [4.78, 5) is 33.3. The normalized spacial score (nSPS) is 11.1. The van der Waals surface area contributed by atoms with Crippen LogP contribution in [0.5, 0.6) is 5.75 Å². The summed E-state index contributed by atoms with van der Waals surface area (Å²) in [6.45, 7) is 5.64. The van der Waals surface area contributed by atoms with Crippen molar-refractivity contribution in [2.45, 2.75) is 39.6 Å². The van der Waals surface area contributed by atoms with Crippen LogP contribution in [0.1, 0.15) is 42.5 Å². The van der Waals surface area contributed by atoms with Crippen molar-refractivity contribution in [1.82, 2.24) is 29.9 Å². The lowest BCUT2D eigenvalue weighted by Gasteiger charge is -2.19. The summed E-state index contributed by atoms with van der Waals surface area (Å²) in [5.41, 5.74) is 1.89. The zero-order valence-electron chi connectivity index (χ0n) is 24.5. The minimum atomic E-state index is -0.701. The Morgan fingerprint density at radius 3 is 2.51 bits per heavy atom. The van der Waals surface area contributed by atoms with E-state index in [2.05, 4.69) is 35.9 Å². The molecule has 226 valence electrons. The lowest BCUT2D eigenvalue weighted by Crippen LogP contribution is -2.27. The largest absolute Gasteiger partial charge is 0.494 e. The zero-order chi connectivity index (χ0) is 31.1. The molecule has 0 unspecified atom stereocenters. The van der Waals surface area contributed by atoms with Crippen molar-refractivity contribution in [1.29, 1.82) is 0 Å². The van der Waals surface area contributed by atoms with Crippen molar-refractivity contribution in [2.24, 2.45) is 7.05 Å². The highest BCUT2D eigenvalue weighted by molar-refractivity contribution is 6.29. The maximum absolute atomic E-state index is 12.4. The second kappa shape index (κ2) is 13.4. The molecule has 14 nitrogen and oxygen atoms in total. The van der Waals surface area contributed by atoms with E-state index in [1.807, 2.05) is 6.07 Å². The maximum Gasteiger partial charge on any atom is 0.413 e. The number of esters is 1. The molecule has 4 aromatic rings. The van der Waals surface area contributed by atoms with Crippen molar-refractivity contribution in [3.63, 3.8) is 0 Å². The number of hydrogen-bond donors (Lipinski definition) is 2. The minimum absolute atomic E-state index is 0.0658. The van der Waals surface area contributed by atoms with Gasteiger partial charge in [0.15, 0.2) is 22.4 Å². The van der Waals surface area contributed by atoms with Gasteiger partial charge in [0.2, 0.25) is 0 Å². The number of hydrogen-bond acceptors (Lipinski definition) is 12. The quantitative estimate of drug-likeness (QED) is 0.233. The number of benzene rings is 1. The molecule has 2 N–H and O–H groups in total. The van der Waals surface area contributed by atoms with E-state index in [1.165, 1.54) is 20.3 Å². The smallest absolute Gasteiger partial charge is 0.413 e. The fraction of sp³-hybridized carbons (Fsp3) is 0.321. The van der Waals surface area contributed by atoms with E-state index in [1.54, 1.807) is 63.1 Å². The molecule has 3 heterocycles. The Hall–Kier alpha value is -4.82. The second-order valence-electron chi connectivity index (χ2n) is 10.1. The van der Waals surface area contributed by atoms with Gasteiger partial charge in [-0.3, -0.25) is 10.00 Å². The Balaban J connectivity index is 1.60. The fourth-order valence-corrected chi connectivity index (χ4v) is 4.03. The number of anilines is 3. The average molecular weight is 611 g/mol. The zero-order valence-corrected chi connectivity index (χ0v) is 25.2. The van der Waals surface area contributed by atoms with E-state index in [4.69, 9.17) is 30.5 Å². The molecule has 0 radical (unpaired) electrons. The SMILES string of the molecule is COC(=O)c1nnc(Cl)cc1Nc1cc(COCc2cccc(NC(=O)OC(C)(C)C)n2)cc(-c2ncn(C)n2)c1OC. The van der Waals surface area contributed by atoms with Crippen LogP contribution in [-0.4, -0.2) is 61.8 Å². The summed E-state index contributed by atoms with van der Waals surface area (Å²) in [7, 11) is 4.50. The van der Waals surface area contributed by atoms with Gasteiger partial charge in [0.1, 0.15) is 17.7 Å². The topological polar surface area (TPSA) is 164 Å². The van der Waals surface area contributed by atoms with Crippen molar-refractivity contribution >= 4 is 40.9 Å². The van der Waals surface area contributed by atoms with Crippen LogP contribution in [0, 0.1) is 0 Å². The van der Waals surface area contributed by atoms with E-state index < -0.39 is 17.7 Å². The van der Waals surface area contributed by atoms with E-state index in [9.17, 15) is 9.59 Å². The van der Waals surface area contributed by atoms with E-state index in [0.717, 1.165) is 5.56 Å². The third-order valence-electron chi connectivity index (χ3n) is 5.56. The average Bonchev–Trinajstić information content (AvgIpc) is 3.37. The summed E-state index contributed by atoms with van der Waals surface area (Å²) in [6, 6.07) is 10.3. The van der Waals surface area contributed by atoms with Crippen molar-refractivity contribution in [3.8, 4) is 17.1 Å². The van der Waals surface area contributed by atoms with Crippen LogP contribution in [0.25, 0.3) is 11.4 Å². The van der Waals surface area contributed by atoms with Crippen LogP contribution in [-0.2, 0) is 34.5 Å². The third-order valence-corrected chi connectivity index (χ3v) is 5.74. The van der Waals surface area contributed by atoms with Crippen LogP contribution < -0.4 is 15.4 Å². The number of carbonyl (C=O) groups is 2. The number of nitrogens with zero attached hydrogens (tertiary/aromatic N) is 6. The number of pyridine rings is 1. The number of rotatable bonds is 10. The first-order chi connectivity index (χ1) is 20.5. The van der Waals surface area contributed by atoms with Crippen molar-refractivity contribution in [3.05, 3.63) is 64.8 Å². The lowest BCUT2D eigenvalue weighted by molar-refractivity contribution is 0.0591. The third kappa shape index (κ3) is 8.36. The minimum Gasteiger partial charge on any atom is -0.494 e. The van der Waals surface area contributed by atoms with Gasteiger partial charge in [-0.1, -0.05) is 17.7 Å². The summed E-state index contributed by atoms with van der Waals surface area (Å²) >= 11 is 6.08.